The number of ether oxygens (including phenoxy) is 2. The van der Waals surface area contributed by atoms with Crippen LogP contribution in [0.3, 0.4) is 0 Å². The van der Waals surface area contributed by atoms with E-state index in [9.17, 15) is 19.8 Å². The summed E-state index contributed by atoms with van der Waals surface area (Å²) in [4.78, 5) is 24.6. The predicted molar refractivity (Wildman–Crippen MR) is 174 cm³/mol. The predicted octanol–water partition coefficient (Wildman–Crippen LogP) is 9.02. The molecule has 242 valence electrons. The highest BCUT2D eigenvalue weighted by molar-refractivity contribution is 5.70. The SMILES string of the molecule is Cc1cc(CCC(=O)OCCCCCCOC(=O)CCc2cc(C)c(O)c(C3CCCCC3)c2)cc(C2CCCCC2)c1O. The van der Waals surface area contributed by atoms with Gasteiger partial charge in [-0.3, -0.25) is 9.59 Å². The van der Waals surface area contributed by atoms with Crippen molar-refractivity contribution in [3.63, 3.8) is 0 Å². The molecule has 44 heavy (non-hydrogen) atoms. The molecule has 2 saturated carbocycles. The number of esters is 2. The van der Waals surface area contributed by atoms with E-state index in [1.165, 1.54) is 38.5 Å². The largest absolute Gasteiger partial charge is 0.507 e. The van der Waals surface area contributed by atoms with Crippen molar-refractivity contribution in [2.75, 3.05) is 13.2 Å². The third kappa shape index (κ3) is 10.3. The number of carbonyl (C=O) groups is 2. The van der Waals surface area contributed by atoms with Crippen LogP contribution in [0, 0.1) is 13.8 Å². The number of hydrogen-bond donors (Lipinski definition) is 2. The normalized spacial score (nSPS) is 16.1. The van der Waals surface area contributed by atoms with Crippen LogP contribution < -0.4 is 0 Å². The van der Waals surface area contributed by atoms with E-state index < -0.39 is 0 Å². The molecule has 6 nitrogen and oxygen atoms in total. The summed E-state index contributed by atoms with van der Waals surface area (Å²) < 4.78 is 10.9. The van der Waals surface area contributed by atoms with Crippen molar-refractivity contribution in [2.45, 2.75) is 141 Å². The van der Waals surface area contributed by atoms with Crippen molar-refractivity contribution in [2.24, 2.45) is 0 Å². The second-order valence-corrected chi connectivity index (χ2v) is 13.2. The lowest BCUT2D eigenvalue weighted by Gasteiger charge is -2.24. The van der Waals surface area contributed by atoms with Gasteiger partial charge in [0.1, 0.15) is 11.5 Å². The van der Waals surface area contributed by atoms with E-state index in [1.807, 2.05) is 26.0 Å². The highest BCUT2D eigenvalue weighted by Gasteiger charge is 2.22. The van der Waals surface area contributed by atoms with Gasteiger partial charge in [0, 0.05) is 12.8 Å². The van der Waals surface area contributed by atoms with Gasteiger partial charge in [0.15, 0.2) is 0 Å². The molecule has 0 heterocycles. The van der Waals surface area contributed by atoms with Crippen LogP contribution in [0.4, 0.5) is 0 Å². The summed E-state index contributed by atoms with van der Waals surface area (Å²) >= 11 is 0. The van der Waals surface area contributed by atoms with E-state index in [-0.39, 0.29) is 11.9 Å². The maximum atomic E-state index is 12.3. The van der Waals surface area contributed by atoms with E-state index in [2.05, 4.69) is 12.1 Å². The van der Waals surface area contributed by atoms with Gasteiger partial charge in [0.25, 0.3) is 0 Å². The fraction of sp³-hybridized carbons (Fsp3) is 0.632. The summed E-state index contributed by atoms with van der Waals surface area (Å²) in [7, 11) is 0. The lowest BCUT2D eigenvalue weighted by atomic mass is 9.82. The molecule has 0 unspecified atom stereocenters. The molecule has 0 saturated heterocycles. The molecule has 0 aliphatic heterocycles. The molecule has 0 aromatic heterocycles. The molecule has 2 fully saturated rings. The van der Waals surface area contributed by atoms with Gasteiger partial charge in [-0.2, -0.15) is 0 Å². The van der Waals surface area contributed by atoms with Crippen LogP contribution in [0.25, 0.3) is 0 Å². The minimum Gasteiger partial charge on any atom is -0.507 e. The highest BCUT2D eigenvalue weighted by Crippen LogP contribution is 2.40. The number of unbranched alkanes of at least 4 members (excludes halogenated alkanes) is 3. The third-order valence-corrected chi connectivity index (χ3v) is 9.67. The molecule has 2 aliphatic carbocycles. The molecule has 0 radical (unpaired) electrons. The molecular weight excluding hydrogens is 552 g/mol. The van der Waals surface area contributed by atoms with Crippen molar-refractivity contribution in [1.29, 1.82) is 0 Å². The third-order valence-electron chi connectivity index (χ3n) is 9.67. The number of aromatic hydroxyl groups is 2. The summed E-state index contributed by atoms with van der Waals surface area (Å²) in [6.07, 6.45) is 17.3. The van der Waals surface area contributed by atoms with Crippen LogP contribution in [0.5, 0.6) is 11.5 Å². The maximum absolute atomic E-state index is 12.3. The Morgan fingerprint density at radius 2 is 1.00 bits per heavy atom. The molecule has 0 bridgehead atoms. The Morgan fingerprint density at radius 1 is 0.614 bits per heavy atom. The number of carbonyl (C=O) groups excluding carboxylic acids is 2. The maximum Gasteiger partial charge on any atom is 0.306 e. The van der Waals surface area contributed by atoms with Gasteiger partial charge in [-0.15, -0.1) is 0 Å². The minimum atomic E-state index is -0.182. The number of phenols is 2. The summed E-state index contributed by atoms with van der Waals surface area (Å²) in [6.45, 7) is 4.70. The van der Waals surface area contributed by atoms with E-state index >= 15 is 0 Å². The lowest BCUT2D eigenvalue weighted by molar-refractivity contribution is -0.145. The Bertz CT molecular complexity index is 1130. The van der Waals surface area contributed by atoms with Gasteiger partial charge in [0.2, 0.25) is 0 Å². The number of rotatable bonds is 15. The Kier molecular flexibility index (Phi) is 13.4. The summed E-state index contributed by atoms with van der Waals surface area (Å²) in [5.74, 6) is 1.33. The molecule has 2 aliphatic rings. The van der Waals surface area contributed by atoms with Crippen LogP contribution in [-0.2, 0) is 31.9 Å². The Balaban J connectivity index is 1.05. The zero-order valence-electron chi connectivity index (χ0n) is 27.1. The van der Waals surface area contributed by atoms with Crippen LogP contribution >= 0.6 is 0 Å². The van der Waals surface area contributed by atoms with Crippen LogP contribution in [-0.4, -0.2) is 35.4 Å². The van der Waals surface area contributed by atoms with Gasteiger partial charge in [0.05, 0.1) is 13.2 Å². The topological polar surface area (TPSA) is 93.1 Å². The van der Waals surface area contributed by atoms with Gasteiger partial charge in [-0.1, -0.05) is 62.8 Å². The van der Waals surface area contributed by atoms with E-state index in [0.717, 1.165) is 84.7 Å². The van der Waals surface area contributed by atoms with Crippen molar-refractivity contribution >= 4 is 11.9 Å². The molecule has 2 N–H and O–H groups in total. The summed E-state index contributed by atoms with van der Waals surface area (Å²) in [5.41, 5.74) is 6.06. The van der Waals surface area contributed by atoms with Gasteiger partial charge in [-0.05, 0) is 123 Å². The smallest absolute Gasteiger partial charge is 0.306 e. The van der Waals surface area contributed by atoms with E-state index in [1.54, 1.807) is 0 Å². The average molecular weight is 607 g/mol. The average Bonchev–Trinajstić information content (AvgIpc) is 3.04. The first kappa shape index (κ1) is 33.9. The minimum absolute atomic E-state index is 0.182. The van der Waals surface area contributed by atoms with Crippen LogP contribution in [0.2, 0.25) is 0 Å². The lowest BCUT2D eigenvalue weighted by Crippen LogP contribution is -2.09. The first-order valence-corrected chi connectivity index (χ1v) is 17.3. The van der Waals surface area contributed by atoms with E-state index in [4.69, 9.17) is 9.47 Å². The zero-order valence-corrected chi connectivity index (χ0v) is 27.1. The van der Waals surface area contributed by atoms with Gasteiger partial charge in [-0.25, -0.2) is 0 Å². The highest BCUT2D eigenvalue weighted by atomic mass is 16.5. The van der Waals surface area contributed by atoms with Crippen molar-refractivity contribution in [3.05, 3.63) is 57.6 Å². The summed E-state index contributed by atoms with van der Waals surface area (Å²) in [5, 5.41) is 21.2. The fourth-order valence-corrected chi connectivity index (χ4v) is 7.07. The second-order valence-electron chi connectivity index (χ2n) is 13.2. The first-order chi connectivity index (χ1) is 21.3. The van der Waals surface area contributed by atoms with Gasteiger partial charge >= 0.3 is 11.9 Å². The number of phenolic OH excluding ortho intramolecular Hbond substituents is 2. The number of benzene rings is 2. The molecule has 2 aromatic rings. The Labute approximate surface area is 264 Å². The monoisotopic (exact) mass is 606 g/mol. The number of hydrogen-bond acceptors (Lipinski definition) is 6. The standard InChI is InChI=1S/C38H54O6/c1-27-23-29(25-33(37(27)41)31-13-7-5-8-14-31)17-19-35(39)43-21-11-3-4-12-22-44-36(40)20-18-30-24-28(2)38(42)34(26-30)32-15-9-6-10-16-32/h23-26,31-32,41-42H,3-22H2,1-2H3. The Morgan fingerprint density at radius 3 is 1.39 bits per heavy atom. The molecule has 2 aromatic carbocycles. The molecule has 0 amide bonds. The van der Waals surface area contributed by atoms with E-state index in [0.29, 0.717) is 62.2 Å². The second kappa shape index (κ2) is 17.5. The van der Waals surface area contributed by atoms with Gasteiger partial charge < -0.3 is 19.7 Å². The molecule has 0 spiro atoms. The quantitative estimate of drug-likeness (QED) is 0.155. The van der Waals surface area contributed by atoms with Crippen molar-refractivity contribution < 1.29 is 29.3 Å². The molecular formula is C38H54O6. The number of aryl methyl sites for hydroxylation is 4. The molecule has 4 rings (SSSR count). The fourth-order valence-electron chi connectivity index (χ4n) is 7.07. The van der Waals surface area contributed by atoms with Crippen LogP contribution in [0.1, 0.15) is 148 Å². The zero-order chi connectivity index (χ0) is 31.3. The van der Waals surface area contributed by atoms with Crippen LogP contribution in [0.15, 0.2) is 24.3 Å². The summed E-state index contributed by atoms with van der Waals surface area (Å²) in [6, 6.07) is 8.18. The Hall–Kier alpha value is -3.02. The van der Waals surface area contributed by atoms with Crippen molar-refractivity contribution in [1.82, 2.24) is 0 Å². The molecule has 0 atom stereocenters. The van der Waals surface area contributed by atoms with Crippen molar-refractivity contribution in [3.8, 4) is 11.5 Å². The first-order valence-electron chi connectivity index (χ1n) is 17.3. The molecule has 6 heteroatoms.